The SMILES string of the molecule is COc1ccc(C(=O)NC2CCN(C(=O)c3ccc4nc(C)c(C)nc4c3)CC2)cc1OC. The zero-order valence-corrected chi connectivity index (χ0v) is 19.3. The molecule has 0 spiro atoms. The lowest BCUT2D eigenvalue weighted by atomic mass is 10.0. The normalized spacial score (nSPS) is 14.2. The van der Waals surface area contributed by atoms with Gasteiger partial charge in [0.1, 0.15) is 0 Å². The van der Waals surface area contributed by atoms with Crippen molar-refractivity contribution in [1.82, 2.24) is 20.2 Å². The number of aromatic nitrogens is 2. The minimum absolute atomic E-state index is 0.00254. The van der Waals surface area contributed by atoms with Gasteiger partial charge in [-0.25, -0.2) is 9.97 Å². The Morgan fingerprint density at radius 3 is 2.18 bits per heavy atom. The quantitative estimate of drug-likeness (QED) is 0.644. The van der Waals surface area contributed by atoms with Gasteiger partial charge in [-0.2, -0.15) is 0 Å². The maximum atomic E-state index is 13.0. The van der Waals surface area contributed by atoms with Crippen LogP contribution in [0.3, 0.4) is 0 Å². The van der Waals surface area contributed by atoms with Crippen LogP contribution in [0.15, 0.2) is 36.4 Å². The first kappa shape index (κ1) is 22.5. The summed E-state index contributed by atoms with van der Waals surface area (Å²) in [6, 6.07) is 10.5. The minimum Gasteiger partial charge on any atom is -0.493 e. The van der Waals surface area contributed by atoms with Gasteiger partial charge in [-0.3, -0.25) is 9.59 Å². The number of hydrogen-bond acceptors (Lipinski definition) is 6. The van der Waals surface area contributed by atoms with Gasteiger partial charge in [0.05, 0.1) is 36.6 Å². The average Bonchev–Trinajstić information content (AvgIpc) is 2.84. The molecule has 1 fully saturated rings. The van der Waals surface area contributed by atoms with Crippen molar-refractivity contribution in [3.8, 4) is 11.5 Å². The van der Waals surface area contributed by atoms with Gasteiger partial charge in [0, 0.05) is 30.3 Å². The van der Waals surface area contributed by atoms with Crippen molar-refractivity contribution in [2.45, 2.75) is 32.7 Å². The van der Waals surface area contributed by atoms with Crippen molar-refractivity contribution in [3.63, 3.8) is 0 Å². The summed E-state index contributed by atoms with van der Waals surface area (Å²) < 4.78 is 10.5. The highest BCUT2D eigenvalue weighted by Gasteiger charge is 2.25. The monoisotopic (exact) mass is 448 g/mol. The number of piperidine rings is 1. The molecule has 8 nitrogen and oxygen atoms in total. The summed E-state index contributed by atoms with van der Waals surface area (Å²) in [4.78, 5) is 36.7. The van der Waals surface area contributed by atoms with E-state index < -0.39 is 0 Å². The zero-order chi connectivity index (χ0) is 23.5. The van der Waals surface area contributed by atoms with E-state index >= 15 is 0 Å². The molecule has 172 valence electrons. The molecule has 0 radical (unpaired) electrons. The summed E-state index contributed by atoms with van der Waals surface area (Å²) in [5.41, 5.74) is 4.37. The first-order chi connectivity index (χ1) is 15.9. The van der Waals surface area contributed by atoms with Crippen molar-refractivity contribution in [2.75, 3.05) is 27.3 Å². The Kier molecular flexibility index (Phi) is 6.44. The van der Waals surface area contributed by atoms with Crippen LogP contribution in [0.1, 0.15) is 44.9 Å². The number of fused-ring (bicyclic) bond motifs is 1. The second-order valence-corrected chi connectivity index (χ2v) is 8.21. The van der Waals surface area contributed by atoms with Gasteiger partial charge in [0.15, 0.2) is 11.5 Å². The summed E-state index contributed by atoms with van der Waals surface area (Å²) in [5.74, 6) is 0.892. The van der Waals surface area contributed by atoms with Gasteiger partial charge in [0.2, 0.25) is 0 Å². The molecule has 1 aromatic heterocycles. The summed E-state index contributed by atoms with van der Waals surface area (Å²) >= 11 is 0. The molecule has 0 aliphatic carbocycles. The number of carbonyl (C=O) groups excluding carboxylic acids is 2. The van der Waals surface area contributed by atoms with Crippen LogP contribution in [0, 0.1) is 13.8 Å². The highest BCUT2D eigenvalue weighted by Crippen LogP contribution is 2.27. The number of amides is 2. The molecular weight excluding hydrogens is 420 g/mol. The second-order valence-electron chi connectivity index (χ2n) is 8.21. The molecule has 2 heterocycles. The molecular formula is C25H28N4O4. The third-order valence-corrected chi connectivity index (χ3v) is 6.09. The van der Waals surface area contributed by atoms with E-state index in [1.165, 1.54) is 7.11 Å². The minimum atomic E-state index is -0.167. The van der Waals surface area contributed by atoms with E-state index in [2.05, 4.69) is 15.3 Å². The van der Waals surface area contributed by atoms with Crippen LogP contribution in [0.5, 0.6) is 11.5 Å². The maximum Gasteiger partial charge on any atom is 0.253 e. The van der Waals surface area contributed by atoms with Crippen LogP contribution in [0.25, 0.3) is 11.0 Å². The molecule has 1 aliphatic rings. The van der Waals surface area contributed by atoms with Crippen LogP contribution in [0.4, 0.5) is 0 Å². The number of rotatable bonds is 5. The lowest BCUT2D eigenvalue weighted by Crippen LogP contribution is -2.46. The van der Waals surface area contributed by atoms with Crippen molar-refractivity contribution >= 4 is 22.8 Å². The van der Waals surface area contributed by atoms with Crippen LogP contribution >= 0.6 is 0 Å². The Labute approximate surface area is 192 Å². The molecule has 4 rings (SSSR count). The summed E-state index contributed by atoms with van der Waals surface area (Å²) in [6.45, 7) is 4.99. The summed E-state index contributed by atoms with van der Waals surface area (Å²) in [7, 11) is 3.09. The standard InChI is InChI=1S/C25H28N4O4/c1-15-16(2)27-21-13-18(5-7-20(21)26-15)25(31)29-11-9-19(10-12-29)28-24(30)17-6-8-22(32-3)23(14-17)33-4/h5-8,13-14,19H,9-12H2,1-4H3,(H,28,30). The van der Waals surface area contributed by atoms with E-state index in [9.17, 15) is 9.59 Å². The van der Waals surface area contributed by atoms with Crippen LogP contribution in [-0.4, -0.2) is 60.0 Å². The average molecular weight is 449 g/mol. The number of ether oxygens (including phenoxy) is 2. The third kappa shape index (κ3) is 4.74. The molecule has 1 aliphatic heterocycles. The van der Waals surface area contributed by atoms with Gasteiger partial charge < -0.3 is 19.7 Å². The highest BCUT2D eigenvalue weighted by atomic mass is 16.5. The molecule has 8 heteroatoms. The van der Waals surface area contributed by atoms with E-state index in [1.807, 2.05) is 30.9 Å². The molecule has 0 unspecified atom stereocenters. The molecule has 1 N–H and O–H groups in total. The topological polar surface area (TPSA) is 93.7 Å². The molecule has 0 bridgehead atoms. The van der Waals surface area contributed by atoms with Crippen molar-refractivity contribution in [1.29, 1.82) is 0 Å². The van der Waals surface area contributed by atoms with Crippen LogP contribution in [-0.2, 0) is 0 Å². The first-order valence-electron chi connectivity index (χ1n) is 11.0. The number of nitrogens with one attached hydrogen (secondary N) is 1. The van der Waals surface area contributed by atoms with Crippen LogP contribution < -0.4 is 14.8 Å². The van der Waals surface area contributed by atoms with Crippen LogP contribution in [0.2, 0.25) is 0 Å². The Bertz CT molecular complexity index is 1200. The molecule has 3 aromatic rings. The van der Waals surface area contributed by atoms with E-state index in [0.717, 1.165) is 22.4 Å². The van der Waals surface area contributed by atoms with Gasteiger partial charge in [-0.15, -0.1) is 0 Å². The molecule has 2 amide bonds. The fraction of sp³-hybridized carbons (Fsp3) is 0.360. The Morgan fingerprint density at radius 2 is 1.52 bits per heavy atom. The predicted octanol–water partition coefficient (Wildman–Crippen LogP) is 3.30. The summed E-state index contributed by atoms with van der Waals surface area (Å²) in [6.07, 6.45) is 1.38. The first-order valence-corrected chi connectivity index (χ1v) is 11.0. The fourth-order valence-electron chi connectivity index (χ4n) is 4.02. The number of hydrogen-bond donors (Lipinski definition) is 1. The molecule has 2 aromatic carbocycles. The van der Waals surface area contributed by atoms with Gasteiger partial charge in [0.25, 0.3) is 11.8 Å². The zero-order valence-electron chi connectivity index (χ0n) is 19.3. The number of methoxy groups -OCH3 is 2. The molecule has 0 saturated carbocycles. The molecule has 1 saturated heterocycles. The van der Waals surface area contributed by atoms with E-state index in [-0.39, 0.29) is 17.9 Å². The van der Waals surface area contributed by atoms with Gasteiger partial charge >= 0.3 is 0 Å². The van der Waals surface area contributed by atoms with Gasteiger partial charge in [-0.1, -0.05) is 0 Å². The highest BCUT2D eigenvalue weighted by molar-refractivity contribution is 5.97. The third-order valence-electron chi connectivity index (χ3n) is 6.09. The number of carbonyl (C=O) groups is 2. The van der Waals surface area contributed by atoms with E-state index in [1.54, 1.807) is 31.4 Å². The number of likely N-dealkylation sites (tertiary alicyclic amines) is 1. The Morgan fingerprint density at radius 1 is 0.879 bits per heavy atom. The number of benzene rings is 2. The second kappa shape index (κ2) is 9.44. The van der Waals surface area contributed by atoms with E-state index in [4.69, 9.17) is 9.47 Å². The van der Waals surface area contributed by atoms with Crippen molar-refractivity contribution in [2.24, 2.45) is 0 Å². The summed E-state index contributed by atoms with van der Waals surface area (Å²) in [5, 5.41) is 3.07. The van der Waals surface area contributed by atoms with Crippen molar-refractivity contribution < 1.29 is 19.1 Å². The van der Waals surface area contributed by atoms with Crippen molar-refractivity contribution in [3.05, 3.63) is 58.9 Å². The predicted molar refractivity (Wildman–Crippen MR) is 125 cm³/mol. The maximum absolute atomic E-state index is 13.0. The fourth-order valence-corrected chi connectivity index (χ4v) is 4.02. The Hall–Kier alpha value is -3.68. The lowest BCUT2D eigenvalue weighted by Gasteiger charge is -2.32. The largest absolute Gasteiger partial charge is 0.493 e. The van der Waals surface area contributed by atoms with Gasteiger partial charge in [-0.05, 0) is 63.1 Å². The molecule has 33 heavy (non-hydrogen) atoms. The number of nitrogens with zero attached hydrogens (tertiary/aromatic N) is 3. The smallest absolute Gasteiger partial charge is 0.253 e. The van der Waals surface area contributed by atoms with E-state index in [0.29, 0.717) is 48.6 Å². The Balaban J connectivity index is 1.37. The lowest BCUT2D eigenvalue weighted by molar-refractivity contribution is 0.0698. The molecule has 0 atom stereocenters. The number of aryl methyl sites for hydroxylation is 2.